The molecule has 0 aromatic heterocycles. The van der Waals surface area contributed by atoms with Crippen molar-refractivity contribution in [1.29, 1.82) is 5.26 Å². The molecule has 0 aliphatic carbocycles. The summed E-state index contributed by atoms with van der Waals surface area (Å²) in [7, 11) is 0. The first-order chi connectivity index (χ1) is 11.7. The molecule has 0 saturated carbocycles. The summed E-state index contributed by atoms with van der Waals surface area (Å²) in [5.74, 6) is 1.74. The van der Waals surface area contributed by atoms with E-state index in [-0.39, 0.29) is 18.6 Å². The maximum Gasteiger partial charge on any atom is 0.231 e. The van der Waals surface area contributed by atoms with Crippen LogP contribution in [0.15, 0.2) is 47.9 Å². The Labute approximate surface area is 139 Å². The number of ether oxygens (including phenoxy) is 3. The van der Waals surface area contributed by atoms with E-state index in [1.165, 1.54) is 5.56 Å². The number of nitrogens with two attached hydrogens (primary N) is 1. The van der Waals surface area contributed by atoms with Gasteiger partial charge >= 0.3 is 0 Å². The van der Waals surface area contributed by atoms with Gasteiger partial charge in [-0.1, -0.05) is 31.2 Å². The zero-order valence-electron chi connectivity index (χ0n) is 13.2. The minimum atomic E-state index is -0.279. The maximum absolute atomic E-state index is 9.59. The minimum Gasteiger partial charge on any atom is -0.454 e. The summed E-state index contributed by atoms with van der Waals surface area (Å²) >= 11 is 0. The van der Waals surface area contributed by atoms with Gasteiger partial charge in [0.25, 0.3) is 0 Å². The molecule has 2 aliphatic rings. The monoisotopic (exact) mass is 320 g/mol. The highest BCUT2D eigenvalue weighted by molar-refractivity contribution is 5.61. The van der Waals surface area contributed by atoms with Crippen LogP contribution < -0.4 is 19.9 Å². The Morgan fingerprint density at radius 3 is 2.50 bits per heavy atom. The Balaban J connectivity index is 1.88. The lowest BCUT2D eigenvalue weighted by Crippen LogP contribution is -2.21. The SMILES string of the molecule is CCc1ccc([C@@H]2C(C#N)=C(N)Oc3cc4c(cc32)OCO4)cc1. The summed E-state index contributed by atoms with van der Waals surface area (Å²) in [5, 5.41) is 9.59. The van der Waals surface area contributed by atoms with Crippen LogP contribution in [-0.2, 0) is 6.42 Å². The van der Waals surface area contributed by atoms with Gasteiger partial charge in [0.2, 0.25) is 12.7 Å². The van der Waals surface area contributed by atoms with Gasteiger partial charge in [-0.05, 0) is 23.6 Å². The van der Waals surface area contributed by atoms with Crippen LogP contribution in [0.5, 0.6) is 17.2 Å². The molecule has 2 heterocycles. The number of nitriles is 1. The van der Waals surface area contributed by atoms with Crippen molar-refractivity contribution in [3.05, 3.63) is 64.5 Å². The number of hydrogen-bond donors (Lipinski definition) is 1. The normalized spacial score (nSPS) is 17.9. The molecule has 2 aromatic rings. The summed E-state index contributed by atoms with van der Waals surface area (Å²) in [6.07, 6.45) is 0.965. The third kappa shape index (κ3) is 2.16. The number of benzene rings is 2. The fourth-order valence-electron chi connectivity index (χ4n) is 3.14. The van der Waals surface area contributed by atoms with E-state index >= 15 is 0 Å². The molecule has 2 aromatic carbocycles. The zero-order valence-corrected chi connectivity index (χ0v) is 13.2. The molecule has 120 valence electrons. The molecule has 0 amide bonds. The third-order valence-corrected chi connectivity index (χ3v) is 4.43. The summed E-state index contributed by atoms with van der Waals surface area (Å²) in [4.78, 5) is 0. The van der Waals surface area contributed by atoms with E-state index in [0.29, 0.717) is 22.8 Å². The predicted octanol–water partition coefficient (Wildman–Crippen LogP) is 3.20. The summed E-state index contributed by atoms with van der Waals surface area (Å²) < 4.78 is 16.5. The Kier molecular flexibility index (Phi) is 3.31. The van der Waals surface area contributed by atoms with Crippen molar-refractivity contribution < 1.29 is 14.2 Å². The van der Waals surface area contributed by atoms with Gasteiger partial charge < -0.3 is 19.9 Å². The first kappa shape index (κ1) is 14.5. The van der Waals surface area contributed by atoms with E-state index in [2.05, 4.69) is 25.1 Å². The maximum atomic E-state index is 9.59. The summed E-state index contributed by atoms with van der Waals surface area (Å²) in [6.45, 7) is 2.29. The van der Waals surface area contributed by atoms with E-state index < -0.39 is 0 Å². The number of hydrogen-bond acceptors (Lipinski definition) is 5. The van der Waals surface area contributed by atoms with Crippen LogP contribution in [-0.4, -0.2) is 6.79 Å². The van der Waals surface area contributed by atoms with Crippen LogP contribution >= 0.6 is 0 Å². The van der Waals surface area contributed by atoms with E-state index in [0.717, 1.165) is 17.5 Å². The van der Waals surface area contributed by atoms with Crippen molar-refractivity contribution in [1.82, 2.24) is 0 Å². The predicted molar refractivity (Wildman–Crippen MR) is 87.7 cm³/mol. The lowest BCUT2D eigenvalue weighted by atomic mass is 9.83. The second kappa shape index (κ2) is 5.50. The van der Waals surface area contributed by atoms with Crippen LogP contribution in [0.4, 0.5) is 0 Å². The highest BCUT2D eigenvalue weighted by Gasteiger charge is 2.33. The minimum absolute atomic E-state index is 0.133. The van der Waals surface area contributed by atoms with Crippen molar-refractivity contribution in [2.24, 2.45) is 5.73 Å². The van der Waals surface area contributed by atoms with Crippen molar-refractivity contribution >= 4 is 0 Å². The Bertz CT molecular complexity index is 879. The molecule has 1 atom stereocenters. The van der Waals surface area contributed by atoms with E-state index in [1.54, 1.807) is 6.07 Å². The molecular weight excluding hydrogens is 304 g/mol. The second-order valence-corrected chi connectivity index (χ2v) is 5.76. The number of nitrogens with zero attached hydrogens (tertiary/aromatic N) is 1. The molecular formula is C19H16N2O3. The van der Waals surface area contributed by atoms with Crippen LogP contribution in [0.2, 0.25) is 0 Å². The topological polar surface area (TPSA) is 77.5 Å². The average molecular weight is 320 g/mol. The Morgan fingerprint density at radius 1 is 1.12 bits per heavy atom. The molecule has 5 nitrogen and oxygen atoms in total. The molecule has 0 spiro atoms. The molecule has 2 N–H and O–H groups in total. The first-order valence-electron chi connectivity index (χ1n) is 7.81. The number of fused-ring (bicyclic) bond motifs is 2. The molecule has 0 fully saturated rings. The molecule has 0 saturated heterocycles. The highest BCUT2D eigenvalue weighted by atomic mass is 16.7. The molecule has 0 unspecified atom stereocenters. The zero-order chi connectivity index (χ0) is 16.7. The van der Waals surface area contributed by atoms with Crippen LogP contribution in [0.1, 0.15) is 29.5 Å². The number of allylic oxidation sites excluding steroid dienone is 1. The van der Waals surface area contributed by atoms with Gasteiger partial charge in [-0.15, -0.1) is 0 Å². The van der Waals surface area contributed by atoms with Crippen molar-refractivity contribution in [2.45, 2.75) is 19.3 Å². The number of aryl methyl sites for hydroxylation is 1. The van der Waals surface area contributed by atoms with Crippen LogP contribution in [0, 0.1) is 11.3 Å². The van der Waals surface area contributed by atoms with Crippen molar-refractivity contribution in [3.63, 3.8) is 0 Å². The van der Waals surface area contributed by atoms with Gasteiger partial charge in [0.1, 0.15) is 17.4 Å². The standard InChI is InChI=1S/C19H16N2O3/c1-2-11-3-5-12(6-4-11)18-13-7-16-17(23-10-22-16)8-15(13)24-19(21)14(18)9-20/h3-8,18H,2,10,21H2,1H3/t18-/m0/s1. The molecule has 0 radical (unpaired) electrons. The van der Waals surface area contributed by atoms with Gasteiger partial charge in [0.15, 0.2) is 11.5 Å². The van der Waals surface area contributed by atoms with Crippen molar-refractivity contribution in [3.8, 4) is 23.3 Å². The Morgan fingerprint density at radius 2 is 1.83 bits per heavy atom. The van der Waals surface area contributed by atoms with E-state index in [4.69, 9.17) is 19.9 Å². The van der Waals surface area contributed by atoms with Crippen LogP contribution in [0.3, 0.4) is 0 Å². The quantitative estimate of drug-likeness (QED) is 0.919. The fourth-order valence-corrected chi connectivity index (χ4v) is 3.14. The van der Waals surface area contributed by atoms with Gasteiger partial charge in [0, 0.05) is 11.6 Å². The van der Waals surface area contributed by atoms with E-state index in [1.807, 2.05) is 18.2 Å². The summed E-state index contributed by atoms with van der Waals surface area (Å²) in [6, 6.07) is 14.1. The second-order valence-electron chi connectivity index (χ2n) is 5.76. The molecule has 4 rings (SSSR count). The van der Waals surface area contributed by atoms with Gasteiger partial charge in [-0.3, -0.25) is 0 Å². The van der Waals surface area contributed by atoms with Gasteiger partial charge in [0.05, 0.1) is 5.92 Å². The smallest absolute Gasteiger partial charge is 0.231 e. The largest absolute Gasteiger partial charge is 0.454 e. The van der Waals surface area contributed by atoms with Gasteiger partial charge in [-0.25, -0.2) is 0 Å². The molecule has 5 heteroatoms. The third-order valence-electron chi connectivity index (χ3n) is 4.43. The number of rotatable bonds is 2. The van der Waals surface area contributed by atoms with E-state index in [9.17, 15) is 5.26 Å². The molecule has 24 heavy (non-hydrogen) atoms. The summed E-state index contributed by atoms with van der Waals surface area (Å²) in [5.41, 5.74) is 9.50. The highest BCUT2D eigenvalue weighted by Crippen LogP contribution is 2.47. The van der Waals surface area contributed by atoms with Crippen LogP contribution in [0.25, 0.3) is 0 Å². The molecule has 0 bridgehead atoms. The Hall–Kier alpha value is -3.13. The average Bonchev–Trinajstić information content (AvgIpc) is 3.06. The molecule has 2 aliphatic heterocycles. The fraction of sp³-hybridized carbons (Fsp3) is 0.211. The lowest BCUT2D eigenvalue weighted by molar-refractivity contribution is 0.174. The van der Waals surface area contributed by atoms with Crippen molar-refractivity contribution in [2.75, 3.05) is 6.79 Å². The van der Waals surface area contributed by atoms with Gasteiger partial charge in [-0.2, -0.15) is 5.26 Å². The first-order valence-corrected chi connectivity index (χ1v) is 7.81. The lowest BCUT2D eigenvalue weighted by Gasteiger charge is -2.26.